The van der Waals surface area contributed by atoms with E-state index in [1.807, 2.05) is 0 Å². The van der Waals surface area contributed by atoms with Gasteiger partial charge in [-0.2, -0.15) is 0 Å². The van der Waals surface area contributed by atoms with Crippen molar-refractivity contribution in [3.8, 4) is 5.75 Å². The lowest BCUT2D eigenvalue weighted by molar-refractivity contribution is 0.269. The molecular formula is C15H24N2O. The minimum absolute atomic E-state index is 0.151. The van der Waals surface area contributed by atoms with Crippen LogP contribution < -0.4 is 16.0 Å². The Hall–Kier alpha value is -1.06. The smallest absolute Gasteiger partial charge is 0.127 e. The average molecular weight is 248 g/mol. The number of fused-ring (bicyclic) bond motifs is 1. The van der Waals surface area contributed by atoms with E-state index in [1.54, 1.807) is 0 Å². The Morgan fingerprint density at radius 1 is 1.39 bits per heavy atom. The van der Waals surface area contributed by atoms with Crippen LogP contribution in [0.3, 0.4) is 0 Å². The molecule has 0 aliphatic carbocycles. The highest BCUT2D eigenvalue weighted by Gasteiger charge is 2.24. The number of para-hydroxylation sites is 1. The maximum absolute atomic E-state index is 5.86. The van der Waals surface area contributed by atoms with E-state index in [0.717, 1.165) is 31.6 Å². The molecule has 0 amide bonds. The molecule has 1 unspecified atom stereocenters. The first kappa shape index (κ1) is 13.4. The number of aryl methyl sites for hydroxylation is 1. The summed E-state index contributed by atoms with van der Waals surface area (Å²) >= 11 is 0. The zero-order valence-corrected chi connectivity index (χ0v) is 11.6. The molecule has 0 fully saturated rings. The molecule has 0 spiro atoms. The highest BCUT2D eigenvalue weighted by Crippen LogP contribution is 2.37. The van der Waals surface area contributed by atoms with E-state index in [-0.39, 0.29) is 11.5 Å². The minimum Gasteiger partial charge on any atom is -0.493 e. The quantitative estimate of drug-likeness (QED) is 0.638. The summed E-state index contributed by atoms with van der Waals surface area (Å²) in [7, 11) is 0. The number of benzene rings is 1. The Kier molecular flexibility index (Phi) is 3.93. The summed E-state index contributed by atoms with van der Waals surface area (Å²) in [5.41, 5.74) is 5.69. The van der Waals surface area contributed by atoms with E-state index in [2.05, 4.69) is 44.4 Å². The summed E-state index contributed by atoms with van der Waals surface area (Å²) in [5, 5.41) is 0. The van der Waals surface area contributed by atoms with E-state index < -0.39 is 0 Å². The normalized spacial score (nSPS) is 16.9. The van der Waals surface area contributed by atoms with Crippen LogP contribution in [0.5, 0.6) is 5.75 Å². The zero-order chi connectivity index (χ0) is 13.2. The summed E-state index contributed by atoms with van der Waals surface area (Å²) in [4.78, 5) is 0. The molecule has 3 N–H and O–H groups in total. The van der Waals surface area contributed by atoms with Crippen molar-refractivity contribution in [1.82, 2.24) is 5.43 Å². The average Bonchev–Trinajstić information content (AvgIpc) is 2.34. The molecule has 1 heterocycles. The van der Waals surface area contributed by atoms with Gasteiger partial charge >= 0.3 is 0 Å². The van der Waals surface area contributed by atoms with Crippen molar-refractivity contribution in [2.24, 2.45) is 11.3 Å². The highest BCUT2D eigenvalue weighted by molar-refractivity contribution is 5.44. The fourth-order valence-corrected chi connectivity index (χ4v) is 2.56. The Balaban J connectivity index is 2.30. The van der Waals surface area contributed by atoms with Crippen molar-refractivity contribution in [3.63, 3.8) is 0 Å². The van der Waals surface area contributed by atoms with Gasteiger partial charge in [-0.1, -0.05) is 39.0 Å². The van der Waals surface area contributed by atoms with E-state index in [1.165, 1.54) is 11.1 Å². The second kappa shape index (κ2) is 5.29. The first-order valence-electron chi connectivity index (χ1n) is 6.72. The van der Waals surface area contributed by atoms with Crippen LogP contribution in [-0.4, -0.2) is 6.61 Å². The topological polar surface area (TPSA) is 47.3 Å². The lowest BCUT2D eigenvalue weighted by Crippen LogP contribution is -2.32. The summed E-state index contributed by atoms with van der Waals surface area (Å²) in [5.74, 6) is 6.79. The number of rotatable bonds is 3. The molecule has 18 heavy (non-hydrogen) atoms. The SMILES string of the molecule is CC(C)(C)CC(NN)c1cccc2c1OCCC2. The van der Waals surface area contributed by atoms with Crippen molar-refractivity contribution in [3.05, 3.63) is 29.3 Å². The van der Waals surface area contributed by atoms with Crippen LogP contribution in [-0.2, 0) is 6.42 Å². The molecule has 3 heteroatoms. The van der Waals surface area contributed by atoms with Crippen molar-refractivity contribution < 1.29 is 4.74 Å². The summed E-state index contributed by atoms with van der Waals surface area (Å²) in [6.45, 7) is 7.51. The van der Waals surface area contributed by atoms with E-state index in [0.29, 0.717) is 0 Å². The predicted octanol–water partition coefficient (Wildman–Crippen LogP) is 2.95. The molecular weight excluding hydrogens is 224 g/mol. The molecule has 1 atom stereocenters. The predicted molar refractivity (Wildman–Crippen MR) is 74.4 cm³/mol. The zero-order valence-electron chi connectivity index (χ0n) is 11.6. The lowest BCUT2D eigenvalue weighted by atomic mass is 9.84. The second-order valence-electron chi connectivity index (χ2n) is 6.27. The lowest BCUT2D eigenvalue weighted by Gasteiger charge is -2.29. The van der Waals surface area contributed by atoms with Gasteiger partial charge in [0.05, 0.1) is 12.6 Å². The molecule has 1 aromatic carbocycles. The van der Waals surface area contributed by atoms with Crippen molar-refractivity contribution >= 4 is 0 Å². The molecule has 100 valence electrons. The van der Waals surface area contributed by atoms with Gasteiger partial charge in [-0.05, 0) is 30.2 Å². The van der Waals surface area contributed by atoms with Crippen LogP contribution in [0.25, 0.3) is 0 Å². The van der Waals surface area contributed by atoms with Gasteiger partial charge in [0.15, 0.2) is 0 Å². The van der Waals surface area contributed by atoms with E-state index in [4.69, 9.17) is 10.6 Å². The Morgan fingerprint density at radius 3 is 2.83 bits per heavy atom. The summed E-state index contributed by atoms with van der Waals surface area (Å²) < 4.78 is 5.86. The van der Waals surface area contributed by atoms with Crippen LogP contribution in [0.1, 0.15) is 50.8 Å². The van der Waals surface area contributed by atoms with Gasteiger partial charge in [0.1, 0.15) is 5.75 Å². The third-order valence-corrected chi connectivity index (χ3v) is 3.36. The third kappa shape index (κ3) is 3.03. The molecule has 1 aliphatic rings. The minimum atomic E-state index is 0.151. The van der Waals surface area contributed by atoms with Gasteiger partial charge in [0, 0.05) is 5.56 Å². The number of hydrogen-bond acceptors (Lipinski definition) is 3. The molecule has 1 aromatic rings. The standard InChI is InChI=1S/C15H24N2O/c1-15(2,3)10-13(17-16)12-8-4-6-11-7-5-9-18-14(11)12/h4,6,8,13,17H,5,7,9-10,16H2,1-3H3. The summed E-state index contributed by atoms with van der Waals surface area (Å²) in [6, 6.07) is 6.54. The molecule has 3 nitrogen and oxygen atoms in total. The van der Waals surface area contributed by atoms with Crippen LogP contribution in [0.2, 0.25) is 0 Å². The fourth-order valence-electron chi connectivity index (χ4n) is 2.56. The van der Waals surface area contributed by atoms with E-state index >= 15 is 0 Å². The molecule has 1 aliphatic heterocycles. The van der Waals surface area contributed by atoms with Gasteiger partial charge in [0.2, 0.25) is 0 Å². The van der Waals surface area contributed by atoms with Gasteiger partial charge in [-0.15, -0.1) is 0 Å². The van der Waals surface area contributed by atoms with Crippen LogP contribution >= 0.6 is 0 Å². The van der Waals surface area contributed by atoms with Crippen molar-refractivity contribution in [2.75, 3.05) is 6.61 Å². The van der Waals surface area contributed by atoms with Gasteiger partial charge < -0.3 is 4.74 Å². The Morgan fingerprint density at radius 2 is 2.17 bits per heavy atom. The number of hydrogen-bond donors (Lipinski definition) is 2. The maximum Gasteiger partial charge on any atom is 0.127 e. The second-order valence-corrected chi connectivity index (χ2v) is 6.27. The largest absolute Gasteiger partial charge is 0.493 e. The Bertz CT molecular complexity index is 409. The number of ether oxygens (including phenoxy) is 1. The van der Waals surface area contributed by atoms with Gasteiger partial charge in [0.25, 0.3) is 0 Å². The third-order valence-electron chi connectivity index (χ3n) is 3.36. The van der Waals surface area contributed by atoms with E-state index in [9.17, 15) is 0 Å². The van der Waals surface area contributed by atoms with Crippen LogP contribution in [0, 0.1) is 5.41 Å². The number of nitrogens with two attached hydrogens (primary N) is 1. The molecule has 0 saturated heterocycles. The molecule has 0 aromatic heterocycles. The molecule has 0 radical (unpaired) electrons. The molecule has 0 saturated carbocycles. The first-order valence-corrected chi connectivity index (χ1v) is 6.72. The van der Waals surface area contributed by atoms with Crippen molar-refractivity contribution in [2.45, 2.75) is 46.1 Å². The van der Waals surface area contributed by atoms with Crippen LogP contribution in [0.4, 0.5) is 0 Å². The highest BCUT2D eigenvalue weighted by atomic mass is 16.5. The maximum atomic E-state index is 5.86. The van der Waals surface area contributed by atoms with Crippen LogP contribution in [0.15, 0.2) is 18.2 Å². The van der Waals surface area contributed by atoms with Gasteiger partial charge in [-0.3, -0.25) is 11.3 Å². The number of hydrazine groups is 1. The fraction of sp³-hybridized carbons (Fsp3) is 0.600. The molecule has 0 bridgehead atoms. The first-order chi connectivity index (χ1) is 8.51. The van der Waals surface area contributed by atoms with Crippen molar-refractivity contribution in [1.29, 1.82) is 0 Å². The summed E-state index contributed by atoms with van der Waals surface area (Å²) in [6.07, 6.45) is 3.20. The van der Waals surface area contributed by atoms with Gasteiger partial charge in [-0.25, -0.2) is 0 Å². The molecule has 2 rings (SSSR count). The number of nitrogens with one attached hydrogen (secondary N) is 1. The monoisotopic (exact) mass is 248 g/mol. The Labute approximate surface area is 110 Å².